The van der Waals surface area contributed by atoms with Crippen LogP contribution in [0.2, 0.25) is 0 Å². The summed E-state index contributed by atoms with van der Waals surface area (Å²) in [5.74, 6) is -0.474. The summed E-state index contributed by atoms with van der Waals surface area (Å²) in [6.07, 6.45) is 5.45. The van der Waals surface area contributed by atoms with Crippen LogP contribution in [-0.2, 0) is 19.2 Å². The highest BCUT2D eigenvalue weighted by atomic mass is 16.7. The number of carbonyl (C=O) groups excluding carboxylic acids is 2. The predicted molar refractivity (Wildman–Crippen MR) is 106 cm³/mol. The second kappa shape index (κ2) is 8.84. The molecule has 1 spiro atoms. The van der Waals surface area contributed by atoms with Crippen molar-refractivity contribution in [1.82, 2.24) is 9.96 Å². The minimum atomic E-state index is -0.635. The molecular weight excluding hydrogens is 376 g/mol. The number of phenolic OH excluding ortho intramolecular Hbond substituents is 1. The van der Waals surface area contributed by atoms with Gasteiger partial charge in [0.2, 0.25) is 5.91 Å². The van der Waals surface area contributed by atoms with Gasteiger partial charge in [0.05, 0.1) is 32.8 Å². The number of hydroxylamine groups is 2. The highest BCUT2D eigenvalue weighted by Crippen LogP contribution is 2.44. The number of hydrogen-bond acceptors (Lipinski definition) is 7. The van der Waals surface area contributed by atoms with Crippen LogP contribution in [0.5, 0.6) is 11.5 Å². The molecule has 1 amide bonds. The average molecular weight is 404 g/mol. The molecule has 0 saturated carbocycles. The van der Waals surface area contributed by atoms with E-state index in [1.54, 1.807) is 12.1 Å². The summed E-state index contributed by atoms with van der Waals surface area (Å²) in [6, 6.07) is 5.20. The molecule has 1 aromatic carbocycles. The number of methoxy groups -OCH3 is 2. The third-order valence-corrected chi connectivity index (χ3v) is 5.93. The molecule has 2 saturated heterocycles. The highest BCUT2D eigenvalue weighted by molar-refractivity contribution is 5.88. The minimum absolute atomic E-state index is 0.111. The van der Waals surface area contributed by atoms with Gasteiger partial charge in [-0.25, -0.2) is 5.06 Å². The van der Waals surface area contributed by atoms with Crippen LogP contribution in [0, 0.1) is 5.92 Å². The van der Waals surface area contributed by atoms with Crippen LogP contribution in [0.3, 0.4) is 0 Å². The summed E-state index contributed by atoms with van der Waals surface area (Å²) in [5.41, 5.74) is 0.301. The predicted octanol–water partition coefficient (Wildman–Crippen LogP) is 1.83. The highest BCUT2D eigenvalue weighted by Gasteiger charge is 2.58. The van der Waals surface area contributed by atoms with Gasteiger partial charge < -0.3 is 14.6 Å². The van der Waals surface area contributed by atoms with Gasteiger partial charge in [0.25, 0.3) is 0 Å². The zero-order valence-electron chi connectivity index (χ0n) is 17.1. The Bertz CT molecular complexity index is 783. The zero-order chi connectivity index (χ0) is 21.0. The number of likely N-dealkylation sites (tertiary alicyclic amines) is 1. The first-order valence-corrected chi connectivity index (χ1v) is 9.66. The largest absolute Gasteiger partial charge is 0.504 e. The van der Waals surface area contributed by atoms with E-state index in [0.29, 0.717) is 18.6 Å². The molecule has 1 N–H and O–H groups in total. The van der Waals surface area contributed by atoms with E-state index in [0.717, 1.165) is 25.2 Å². The van der Waals surface area contributed by atoms with Gasteiger partial charge in [-0.2, -0.15) is 0 Å². The van der Waals surface area contributed by atoms with Crippen LogP contribution in [0.1, 0.15) is 24.8 Å². The molecule has 1 unspecified atom stereocenters. The van der Waals surface area contributed by atoms with Crippen LogP contribution in [0.25, 0.3) is 6.08 Å². The molecule has 2 aliphatic rings. The number of benzene rings is 1. The number of nitrogens with zero attached hydrogens (tertiary/aromatic N) is 2. The Kier molecular flexibility index (Phi) is 6.44. The Morgan fingerprint density at radius 3 is 2.62 bits per heavy atom. The summed E-state index contributed by atoms with van der Waals surface area (Å²) in [4.78, 5) is 32.2. The lowest BCUT2D eigenvalue weighted by Crippen LogP contribution is -2.57. The molecule has 8 heteroatoms. The molecule has 1 atom stereocenters. The van der Waals surface area contributed by atoms with E-state index < -0.39 is 11.5 Å². The standard InChI is InChI=1S/C21H28N2O6/c1-27-18-13-15(6-7-17(18)24)5-4-10-22-11-8-21(9-12-22)16(20(26)28-2)14-19(25)23(21)29-3/h4-7,13,16,24H,8-12,14H2,1-3H3/b5-4+. The van der Waals surface area contributed by atoms with Crippen molar-refractivity contribution in [2.24, 2.45) is 5.92 Å². The van der Waals surface area contributed by atoms with Gasteiger partial charge in [-0.15, -0.1) is 0 Å². The summed E-state index contributed by atoms with van der Waals surface area (Å²) >= 11 is 0. The molecular formula is C21H28N2O6. The molecule has 0 aromatic heterocycles. The topological polar surface area (TPSA) is 88.5 Å². The Hall–Kier alpha value is -2.58. The maximum absolute atomic E-state index is 12.3. The maximum atomic E-state index is 12.3. The average Bonchev–Trinajstić information content (AvgIpc) is 3.01. The normalized spacial score (nSPS) is 21.8. The van der Waals surface area contributed by atoms with Crippen molar-refractivity contribution in [2.45, 2.75) is 24.8 Å². The van der Waals surface area contributed by atoms with Crippen molar-refractivity contribution >= 4 is 18.0 Å². The number of esters is 1. The third-order valence-electron chi connectivity index (χ3n) is 5.93. The molecule has 0 radical (unpaired) electrons. The van der Waals surface area contributed by atoms with Gasteiger partial charge in [-0.1, -0.05) is 18.2 Å². The first-order chi connectivity index (χ1) is 13.9. The van der Waals surface area contributed by atoms with Gasteiger partial charge in [0, 0.05) is 26.1 Å². The first-order valence-electron chi connectivity index (χ1n) is 9.66. The Labute approximate surface area is 170 Å². The van der Waals surface area contributed by atoms with Crippen molar-refractivity contribution in [3.05, 3.63) is 29.8 Å². The molecule has 0 aliphatic carbocycles. The number of ether oxygens (including phenoxy) is 2. The Morgan fingerprint density at radius 2 is 2.00 bits per heavy atom. The number of rotatable bonds is 6. The van der Waals surface area contributed by atoms with Gasteiger partial charge in [-0.05, 0) is 30.5 Å². The lowest BCUT2D eigenvalue weighted by atomic mass is 9.77. The lowest BCUT2D eigenvalue weighted by Gasteiger charge is -2.45. The van der Waals surface area contributed by atoms with E-state index in [1.807, 2.05) is 12.1 Å². The molecule has 158 valence electrons. The minimum Gasteiger partial charge on any atom is -0.504 e. The van der Waals surface area contributed by atoms with Crippen molar-refractivity contribution in [1.29, 1.82) is 0 Å². The fourth-order valence-corrected chi connectivity index (χ4v) is 4.38. The lowest BCUT2D eigenvalue weighted by molar-refractivity contribution is -0.209. The monoisotopic (exact) mass is 404 g/mol. The van der Waals surface area contributed by atoms with Gasteiger partial charge in [-0.3, -0.25) is 19.3 Å². The zero-order valence-corrected chi connectivity index (χ0v) is 17.1. The molecule has 29 heavy (non-hydrogen) atoms. The van der Waals surface area contributed by atoms with Crippen molar-refractivity contribution in [3.8, 4) is 11.5 Å². The van der Waals surface area contributed by atoms with Crippen molar-refractivity contribution < 1.29 is 29.0 Å². The van der Waals surface area contributed by atoms with Crippen LogP contribution in [0.15, 0.2) is 24.3 Å². The number of amides is 1. The molecule has 2 heterocycles. The van der Waals surface area contributed by atoms with E-state index in [-0.39, 0.29) is 24.0 Å². The summed E-state index contributed by atoms with van der Waals surface area (Å²) in [6.45, 7) is 2.22. The summed E-state index contributed by atoms with van der Waals surface area (Å²) < 4.78 is 10.1. The maximum Gasteiger partial charge on any atom is 0.311 e. The van der Waals surface area contributed by atoms with Gasteiger partial charge in [0.1, 0.15) is 0 Å². The molecule has 1 aromatic rings. The summed E-state index contributed by atoms with van der Waals surface area (Å²) in [5, 5.41) is 11.1. The second-order valence-corrected chi connectivity index (χ2v) is 7.39. The van der Waals surface area contributed by atoms with Crippen molar-refractivity contribution in [3.63, 3.8) is 0 Å². The second-order valence-electron chi connectivity index (χ2n) is 7.39. The molecule has 2 aliphatic heterocycles. The van der Waals surface area contributed by atoms with Gasteiger partial charge in [0.15, 0.2) is 11.5 Å². The van der Waals surface area contributed by atoms with E-state index in [1.165, 1.54) is 26.4 Å². The number of piperidine rings is 1. The number of aromatic hydroxyl groups is 1. The Balaban J connectivity index is 1.63. The van der Waals surface area contributed by atoms with Crippen LogP contribution in [-0.4, -0.2) is 73.4 Å². The van der Waals surface area contributed by atoms with E-state index in [2.05, 4.69) is 11.0 Å². The van der Waals surface area contributed by atoms with E-state index >= 15 is 0 Å². The fraction of sp³-hybridized carbons (Fsp3) is 0.524. The molecule has 8 nitrogen and oxygen atoms in total. The third kappa shape index (κ3) is 4.09. The van der Waals surface area contributed by atoms with Crippen LogP contribution >= 0.6 is 0 Å². The van der Waals surface area contributed by atoms with Gasteiger partial charge >= 0.3 is 5.97 Å². The SMILES string of the molecule is COC(=O)C1CC(=O)N(OC)C12CCN(C/C=C/c1ccc(O)c(OC)c1)CC2. The van der Waals surface area contributed by atoms with E-state index in [9.17, 15) is 14.7 Å². The first kappa shape index (κ1) is 21.1. The number of phenols is 1. The number of carbonyl (C=O) groups is 2. The smallest absolute Gasteiger partial charge is 0.311 e. The fourth-order valence-electron chi connectivity index (χ4n) is 4.38. The Morgan fingerprint density at radius 1 is 1.28 bits per heavy atom. The van der Waals surface area contributed by atoms with E-state index in [4.69, 9.17) is 14.3 Å². The van der Waals surface area contributed by atoms with Crippen molar-refractivity contribution in [2.75, 3.05) is 41.0 Å². The quantitative estimate of drug-likeness (QED) is 0.724. The van der Waals surface area contributed by atoms with Crippen LogP contribution in [0.4, 0.5) is 0 Å². The van der Waals surface area contributed by atoms with Crippen LogP contribution < -0.4 is 4.74 Å². The molecule has 0 bridgehead atoms. The number of hydrogen-bond donors (Lipinski definition) is 1. The molecule has 2 fully saturated rings. The molecule has 3 rings (SSSR count). The summed E-state index contributed by atoms with van der Waals surface area (Å²) in [7, 11) is 4.35.